The number of hydrogen-bond donors (Lipinski definition) is 2. The zero-order valence-electron chi connectivity index (χ0n) is 15.5. The van der Waals surface area contributed by atoms with Crippen LogP contribution in [0.1, 0.15) is 49.7 Å². The molecular weight excluding hydrogens is 340 g/mol. The van der Waals surface area contributed by atoms with Gasteiger partial charge in [-0.2, -0.15) is 0 Å². The van der Waals surface area contributed by atoms with E-state index in [4.69, 9.17) is 11.3 Å². The summed E-state index contributed by atoms with van der Waals surface area (Å²) in [5, 5.41) is 23.0. The van der Waals surface area contributed by atoms with E-state index < -0.39 is 23.2 Å². The summed E-state index contributed by atoms with van der Waals surface area (Å²) in [6, 6.07) is 4.01. The highest BCUT2D eigenvalue weighted by Crippen LogP contribution is 2.65. The summed E-state index contributed by atoms with van der Waals surface area (Å²) in [4.78, 5) is 6.20. The Morgan fingerprint density at radius 2 is 2.11 bits per heavy atom. The first-order chi connectivity index (χ1) is 13.1. The lowest BCUT2D eigenvalue weighted by Crippen LogP contribution is -2.77. The minimum absolute atomic E-state index is 0.0858. The standard InChI is InChI=1S/C22H26N2O3/c1-23-15-6-5-14-11-17-22(26)8-7-16(25)20-21(22,18(14)19(15)27-20)9-10-24(17)12-13-3-2-4-13/h5-6,13,16-17,20,25-26H,2-4,7-12H2/t16-,17+,20-,21-,22+/m0/s1. The maximum atomic E-state index is 12.2. The van der Waals surface area contributed by atoms with Crippen LogP contribution in [-0.2, 0) is 11.8 Å². The van der Waals surface area contributed by atoms with E-state index in [-0.39, 0.29) is 6.04 Å². The van der Waals surface area contributed by atoms with Gasteiger partial charge in [0.2, 0.25) is 5.69 Å². The van der Waals surface area contributed by atoms with Crippen LogP contribution in [0.2, 0.25) is 0 Å². The van der Waals surface area contributed by atoms with Crippen molar-refractivity contribution in [2.75, 3.05) is 13.1 Å². The van der Waals surface area contributed by atoms with Crippen LogP contribution >= 0.6 is 0 Å². The molecule has 2 saturated carbocycles. The molecule has 1 aromatic carbocycles. The SMILES string of the molecule is [C-]#[N+]c1ccc2c3c1O[C@H]1[C@@H](O)CC[C@@]4(O)[C@@H](C2)N(CC2CCC2)CC[C@]314. The number of likely N-dealkylation sites (tertiary alicyclic amines) is 1. The number of nitrogens with zero attached hydrogens (tertiary/aromatic N) is 2. The van der Waals surface area contributed by atoms with Gasteiger partial charge >= 0.3 is 0 Å². The van der Waals surface area contributed by atoms with Crippen molar-refractivity contribution in [1.29, 1.82) is 0 Å². The summed E-state index contributed by atoms with van der Waals surface area (Å²) >= 11 is 0. The molecule has 6 rings (SSSR count). The molecule has 0 radical (unpaired) electrons. The van der Waals surface area contributed by atoms with Crippen molar-refractivity contribution >= 4 is 5.69 Å². The smallest absolute Gasteiger partial charge is 0.228 e. The van der Waals surface area contributed by atoms with Gasteiger partial charge in [-0.1, -0.05) is 18.6 Å². The van der Waals surface area contributed by atoms with Gasteiger partial charge in [-0.25, -0.2) is 4.85 Å². The Labute approximate surface area is 159 Å². The molecule has 5 heteroatoms. The molecule has 1 aromatic rings. The zero-order chi connectivity index (χ0) is 18.4. The summed E-state index contributed by atoms with van der Waals surface area (Å²) in [5.74, 6) is 1.41. The van der Waals surface area contributed by atoms with Gasteiger partial charge in [0.15, 0.2) is 0 Å². The first-order valence-corrected chi connectivity index (χ1v) is 10.4. The van der Waals surface area contributed by atoms with Crippen LogP contribution in [0.3, 0.4) is 0 Å². The van der Waals surface area contributed by atoms with Crippen LogP contribution in [0, 0.1) is 12.5 Å². The molecule has 1 saturated heterocycles. The number of benzene rings is 1. The minimum atomic E-state index is -0.877. The Morgan fingerprint density at radius 1 is 1.26 bits per heavy atom. The second-order valence-corrected chi connectivity index (χ2v) is 9.36. The molecule has 27 heavy (non-hydrogen) atoms. The molecule has 5 aliphatic rings. The molecule has 142 valence electrons. The molecule has 5 atom stereocenters. The monoisotopic (exact) mass is 366 g/mol. The molecule has 2 heterocycles. The Morgan fingerprint density at radius 3 is 2.85 bits per heavy atom. The largest absolute Gasteiger partial charge is 0.497 e. The summed E-state index contributed by atoms with van der Waals surface area (Å²) in [7, 11) is 0. The summed E-state index contributed by atoms with van der Waals surface area (Å²) in [5.41, 5.74) is 1.33. The van der Waals surface area contributed by atoms with E-state index in [0.29, 0.717) is 24.3 Å². The van der Waals surface area contributed by atoms with E-state index in [1.807, 2.05) is 6.07 Å². The number of piperidine rings is 1. The van der Waals surface area contributed by atoms with Gasteiger partial charge in [-0.3, -0.25) is 4.90 Å². The molecule has 0 unspecified atom stereocenters. The Bertz CT molecular complexity index is 860. The van der Waals surface area contributed by atoms with Crippen LogP contribution in [0.5, 0.6) is 5.75 Å². The van der Waals surface area contributed by atoms with Gasteiger partial charge < -0.3 is 14.9 Å². The van der Waals surface area contributed by atoms with E-state index in [2.05, 4.69) is 15.8 Å². The van der Waals surface area contributed by atoms with Gasteiger partial charge in [0, 0.05) is 12.6 Å². The molecule has 2 bridgehead atoms. The summed E-state index contributed by atoms with van der Waals surface area (Å²) < 4.78 is 6.28. The van der Waals surface area contributed by atoms with E-state index in [9.17, 15) is 10.2 Å². The molecule has 3 fully saturated rings. The molecule has 1 spiro atoms. The van der Waals surface area contributed by atoms with Gasteiger partial charge in [0.25, 0.3) is 0 Å². The molecule has 2 aliphatic heterocycles. The Kier molecular flexibility index (Phi) is 3.18. The third-order valence-electron chi connectivity index (χ3n) is 8.38. The van der Waals surface area contributed by atoms with E-state index in [1.54, 1.807) is 0 Å². The number of aliphatic hydroxyl groups is 2. The molecule has 2 N–H and O–H groups in total. The van der Waals surface area contributed by atoms with Crippen molar-refractivity contribution in [2.45, 2.75) is 74.2 Å². The lowest BCUT2D eigenvalue weighted by Gasteiger charge is -2.64. The molecule has 0 amide bonds. The first-order valence-electron chi connectivity index (χ1n) is 10.4. The lowest BCUT2D eigenvalue weighted by atomic mass is 9.48. The predicted octanol–water partition coefficient (Wildman–Crippen LogP) is 2.55. The van der Waals surface area contributed by atoms with Crippen LogP contribution < -0.4 is 4.74 Å². The van der Waals surface area contributed by atoms with Crippen molar-refractivity contribution in [3.05, 3.63) is 34.7 Å². The van der Waals surface area contributed by atoms with Gasteiger partial charge in [0.05, 0.1) is 23.7 Å². The fourth-order valence-electron chi connectivity index (χ4n) is 6.92. The van der Waals surface area contributed by atoms with Crippen molar-refractivity contribution in [3.63, 3.8) is 0 Å². The highest BCUT2D eigenvalue weighted by atomic mass is 16.5. The summed E-state index contributed by atoms with van der Waals surface area (Å²) in [6.45, 7) is 9.56. The molecule has 3 aliphatic carbocycles. The third kappa shape index (κ3) is 1.80. The maximum Gasteiger partial charge on any atom is 0.228 e. The molecule has 0 aromatic heterocycles. The highest BCUT2D eigenvalue weighted by molar-refractivity contribution is 5.70. The fraction of sp³-hybridized carbons (Fsp3) is 0.682. The van der Waals surface area contributed by atoms with E-state index in [0.717, 1.165) is 37.4 Å². The van der Waals surface area contributed by atoms with Crippen molar-refractivity contribution in [3.8, 4) is 5.75 Å². The van der Waals surface area contributed by atoms with Crippen molar-refractivity contribution < 1.29 is 14.9 Å². The van der Waals surface area contributed by atoms with Gasteiger partial charge in [0.1, 0.15) is 11.9 Å². The first kappa shape index (κ1) is 16.4. The van der Waals surface area contributed by atoms with Crippen molar-refractivity contribution in [2.24, 2.45) is 5.92 Å². The second-order valence-electron chi connectivity index (χ2n) is 9.36. The summed E-state index contributed by atoms with van der Waals surface area (Å²) in [6.07, 6.45) is 5.74. The average molecular weight is 366 g/mol. The third-order valence-corrected chi connectivity index (χ3v) is 8.38. The fourth-order valence-corrected chi connectivity index (χ4v) is 6.92. The predicted molar refractivity (Wildman–Crippen MR) is 100 cm³/mol. The maximum absolute atomic E-state index is 12.2. The van der Waals surface area contributed by atoms with Crippen molar-refractivity contribution in [1.82, 2.24) is 4.90 Å². The number of aliphatic hydroxyl groups excluding tert-OH is 1. The van der Waals surface area contributed by atoms with Gasteiger partial charge in [-0.05, 0) is 62.1 Å². The second kappa shape index (κ2) is 5.26. The highest BCUT2D eigenvalue weighted by Gasteiger charge is 2.72. The average Bonchev–Trinajstić information content (AvgIpc) is 2.98. The molecular formula is C22H26N2O3. The Balaban J connectivity index is 1.53. The normalized spacial score (nSPS) is 42.0. The number of rotatable bonds is 2. The number of ether oxygens (including phenoxy) is 1. The van der Waals surface area contributed by atoms with Crippen LogP contribution in [0.15, 0.2) is 12.1 Å². The zero-order valence-corrected chi connectivity index (χ0v) is 15.5. The van der Waals surface area contributed by atoms with Crippen LogP contribution in [0.4, 0.5) is 5.69 Å². The number of hydrogen-bond acceptors (Lipinski definition) is 4. The topological polar surface area (TPSA) is 57.3 Å². The quantitative estimate of drug-likeness (QED) is 0.790. The van der Waals surface area contributed by atoms with E-state index >= 15 is 0 Å². The van der Waals surface area contributed by atoms with Crippen LogP contribution in [0.25, 0.3) is 4.85 Å². The molecule has 5 nitrogen and oxygen atoms in total. The minimum Gasteiger partial charge on any atom is -0.497 e. The Hall–Kier alpha value is -1.61. The van der Waals surface area contributed by atoms with Crippen LogP contribution in [-0.4, -0.2) is 52.1 Å². The van der Waals surface area contributed by atoms with Gasteiger partial charge in [-0.15, -0.1) is 0 Å². The lowest BCUT2D eigenvalue weighted by molar-refractivity contribution is -0.209. The van der Waals surface area contributed by atoms with E-state index in [1.165, 1.54) is 24.8 Å².